The highest BCUT2D eigenvalue weighted by molar-refractivity contribution is 5.94. The Labute approximate surface area is 122 Å². The molecule has 0 atom stereocenters. The van der Waals surface area contributed by atoms with E-state index in [-0.39, 0.29) is 17.7 Å². The zero-order valence-electron chi connectivity index (χ0n) is 11.7. The number of nitrogens with zero attached hydrogens (tertiary/aromatic N) is 1. The van der Waals surface area contributed by atoms with E-state index in [4.69, 9.17) is 10.3 Å². The van der Waals surface area contributed by atoms with Crippen molar-refractivity contribution < 1.29 is 14.4 Å². The molecule has 110 valence electrons. The van der Waals surface area contributed by atoms with Crippen LogP contribution in [0.25, 0.3) is 11.3 Å². The second kappa shape index (κ2) is 5.33. The van der Waals surface area contributed by atoms with Crippen molar-refractivity contribution in [3.63, 3.8) is 0 Å². The van der Waals surface area contributed by atoms with Gasteiger partial charge in [0.25, 0.3) is 5.91 Å². The quantitative estimate of drug-likeness (QED) is 0.882. The van der Waals surface area contributed by atoms with Crippen molar-refractivity contribution in [3.05, 3.63) is 41.6 Å². The Kier molecular flexibility index (Phi) is 3.51. The van der Waals surface area contributed by atoms with Crippen LogP contribution in [0.3, 0.4) is 0 Å². The lowest BCUT2D eigenvalue weighted by Crippen LogP contribution is -2.37. The molecule has 0 aliphatic heterocycles. The lowest BCUT2D eigenvalue weighted by molar-refractivity contribution is 0.0984. The van der Waals surface area contributed by atoms with Crippen molar-refractivity contribution in [2.75, 3.05) is 6.61 Å². The number of aliphatic hydroxyl groups excluding tert-OH is 1. The second-order valence-corrected chi connectivity index (χ2v) is 5.57. The molecule has 1 aromatic heterocycles. The molecule has 5 heteroatoms. The zero-order valence-corrected chi connectivity index (χ0v) is 11.7. The Morgan fingerprint density at radius 1 is 1.33 bits per heavy atom. The van der Waals surface area contributed by atoms with E-state index in [1.165, 1.54) is 0 Å². The molecule has 1 amide bonds. The first-order chi connectivity index (χ1) is 10.2. The molecule has 1 aliphatic carbocycles. The van der Waals surface area contributed by atoms with Crippen LogP contribution in [0.5, 0.6) is 0 Å². The number of aromatic nitrogens is 1. The third-order valence-corrected chi connectivity index (χ3v) is 4.39. The molecule has 0 radical (unpaired) electrons. The lowest BCUT2D eigenvalue weighted by Gasteiger charge is -2.41. The van der Waals surface area contributed by atoms with Gasteiger partial charge in [0, 0.05) is 23.1 Å². The van der Waals surface area contributed by atoms with Crippen LogP contribution in [0.2, 0.25) is 0 Å². The zero-order chi connectivity index (χ0) is 14.9. The fourth-order valence-electron chi connectivity index (χ4n) is 3.18. The fourth-order valence-corrected chi connectivity index (χ4v) is 3.18. The van der Waals surface area contributed by atoms with E-state index < -0.39 is 5.91 Å². The predicted octanol–water partition coefficient (Wildman–Crippen LogP) is 2.24. The molecular weight excluding hydrogens is 268 g/mol. The summed E-state index contributed by atoms with van der Waals surface area (Å²) in [5.41, 5.74) is 7.04. The highest BCUT2D eigenvalue weighted by atomic mass is 16.5. The summed E-state index contributed by atoms with van der Waals surface area (Å²) in [6.45, 7) is 0.0671. The minimum Gasteiger partial charge on any atom is -0.396 e. The number of carbonyl (C=O) groups is 1. The van der Waals surface area contributed by atoms with Gasteiger partial charge in [-0.15, -0.1) is 0 Å². The third-order valence-electron chi connectivity index (χ3n) is 4.39. The maximum absolute atomic E-state index is 11.7. The van der Waals surface area contributed by atoms with Gasteiger partial charge in [-0.2, -0.15) is 0 Å². The molecule has 1 heterocycles. The summed E-state index contributed by atoms with van der Waals surface area (Å²) < 4.78 is 5.44. The van der Waals surface area contributed by atoms with Crippen LogP contribution in [-0.2, 0) is 5.41 Å². The SMILES string of the molecule is NC(=O)c1noc(-c2ccccc2)c1C1(CCO)CCC1. The van der Waals surface area contributed by atoms with E-state index >= 15 is 0 Å². The number of hydrogen-bond donors (Lipinski definition) is 2. The molecule has 1 fully saturated rings. The summed E-state index contributed by atoms with van der Waals surface area (Å²) in [5, 5.41) is 13.3. The van der Waals surface area contributed by atoms with Crippen LogP contribution in [0.15, 0.2) is 34.9 Å². The van der Waals surface area contributed by atoms with Gasteiger partial charge in [-0.3, -0.25) is 4.79 Å². The molecule has 3 rings (SSSR count). The normalized spacial score (nSPS) is 16.4. The highest BCUT2D eigenvalue weighted by Crippen LogP contribution is 2.50. The largest absolute Gasteiger partial charge is 0.396 e. The summed E-state index contributed by atoms with van der Waals surface area (Å²) >= 11 is 0. The molecule has 1 saturated carbocycles. The predicted molar refractivity (Wildman–Crippen MR) is 77.7 cm³/mol. The van der Waals surface area contributed by atoms with E-state index in [2.05, 4.69) is 5.16 Å². The summed E-state index contributed by atoms with van der Waals surface area (Å²) in [6.07, 6.45) is 3.48. The van der Waals surface area contributed by atoms with Gasteiger partial charge in [-0.1, -0.05) is 41.9 Å². The molecule has 3 N–H and O–H groups in total. The van der Waals surface area contributed by atoms with Gasteiger partial charge < -0.3 is 15.4 Å². The van der Waals surface area contributed by atoms with Gasteiger partial charge in [0.1, 0.15) is 0 Å². The Bertz CT molecular complexity index is 645. The van der Waals surface area contributed by atoms with E-state index in [0.29, 0.717) is 12.2 Å². The van der Waals surface area contributed by atoms with Crippen LogP contribution in [-0.4, -0.2) is 22.8 Å². The van der Waals surface area contributed by atoms with Crippen molar-refractivity contribution in [1.29, 1.82) is 0 Å². The highest BCUT2D eigenvalue weighted by Gasteiger charge is 2.44. The van der Waals surface area contributed by atoms with E-state index in [0.717, 1.165) is 30.4 Å². The lowest BCUT2D eigenvalue weighted by atomic mass is 9.61. The summed E-state index contributed by atoms with van der Waals surface area (Å²) in [5.74, 6) is 0.0118. The van der Waals surface area contributed by atoms with Gasteiger partial charge in [0.2, 0.25) is 0 Å². The van der Waals surface area contributed by atoms with Crippen LogP contribution in [0.1, 0.15) is 41.7 Å². The maximum Gasteiger partial charge on any atom is 0.271 e. The standard InChI is InChI=1S/C16H18N2O3/c17-15(20)13-12(16(9-10-19)7-4-8-16)14(21-18-13)11-5-2-1-3-6-11/h1-3,5-6,19H,4,7-10H2,(H2,17,20). The number of hydrogen-bond acceptors (Lipinski definition) is 4. The smallest absolute Gasteiger partial charge is 0.271 e. The monoisotopic (exact) mass is 286 g/mol. The fraction of sp³-hybridized carbons (Fsp3) is 0.375. The molecule has 0 spiro atoms. The second-order valence-electron chi connectivity index (χ2n) is 5.57. The van der Waals surface area contributed by atoms with E-state index in [9.17, 15) is 9.90 Å². The van der Waals surface area contributed by atoms with Crippen LogP contribution >= 0.6 is 0 Å². The van der Waals surface area contributed by atoms with Gasteiger partial charge >= 0.3 is 0 Å². The molecular formula is C16H18N2O3. The van der Waals surface area contributed by atoms with Crippen molar-refractivity contribution in [3.8, 4) is 11.3 Å². The van der Waals surface area contributed by atoms with Crippen molar-refractivity contribution in [1.82, 2.24) is 5.16 Å². The number of carbonyl (C=O) groups excluding carboxylic acids is 1. The number of amides is 1. The summed E-state index contributed by atoms with van der Waals surface area (Å²) in [7, 11) is 0. The van der Waals surface area contributed by atoms with Crippen molar-refractivity contribution >= 4 is 5.91 Å². The average molecular weight is 286 g/mol. The molecule has 0 bridgehead atoms. The summed E-state index contributed by atoms with van der Waals surface area (Å²) in [6, 6.07) is 9.57. The minimum atomic E-state index is -0.583. The maximum atomic E-state index is 11.7. The third kappa shape index (κ3) is 2.23. The summed E-state index contributed by atoms with van der Waals surface area (Å²) in [4.78, 5) is 11.7. The van der Waals surface area contributed by atoms with E-state index in [1.807, 2.05) is 30.3 Å². The topological polar surface area (TPSA) is 89.4 Å². The first-order valence-electron chi connectivity index (χ1n) is 7.14. The van der Waals surface area contributed by atoms with Crippen LogP contribution < -0.4 is 5.73 Å². The van der Waals surface area contributed by atoms with Gasteiger partial charge in [-0.05, 0) is 19.3 Å². The van der Waals surface area contributed by atoms with Crippen molar-refractivity contribution in [2.24, 2.45) is 5.73 Å². The first kappa shape index (κ1) is 13.8. The Hall–Kier alpha value is -2.14. The number of nitrogens with two attached hydrogens (primary N) is 1. The van der Waals surface area contributed by atoms with Gasteiger partial charge in [0.05, 0.1) is 0 Å². The molecule has 0 unspecified atom stereocenters. The molecule has 21 heavy (non-hydrogen) atoms. The van der Waals surface area contributed by atoms with Crippen LogP contribution in [0, 0.1) is 0 Å². The Morgan fingerprint density at radius 3 is 2.57 bits per heavy atom. The number of rotatable bonds is 5. The number of primary amides is 1. The number of aliphatic hydroxyl groups is 1. The van der Waals surface area contributed by atoms with Gasteiger partial charge in [0.15, 0.2) is 11.5 Å². The minimum absolute atomic E-state index is 0.0671. The molecule has 1 aromatic carbocycles. The molecule has 2 aromatic rings. The molecule has 0 saturated heterocycles. The van der Waals surface area contributed by atoms with Crippen molar-refractivity contribution in [2.45, 2.75) is 31.1 Å². The average Bonchev–Trinajstić information content (AvgIpc) is 2.89. The number of benzene rings is 1. The molecule has 5 nitrogen and oxygen atoms in total. The van der Waals surface area contributed by atoms with Crippen LogP contribution in [0.4, 0.5) is 0 Å². The van der Waals surface area contributed by atoms with E-state index in [1.54, 1.807) is 0 Å². The van der Waals surface area contributed by atoms with Gasteiger partial charge in [-0.25, -0.2) is 0 Å². The molecule has 1 aliphatic rings. The Morgan fingerprint density at radius 2 is 2.05 bits per heavy atom. The first-order valence-corrected chi connectivity index (χ1v) is 7.14. The Balaban J connectivity index is 2.16.